The molecule has 4 rings (SSSR count). The zero-order chi connectivity index (χ0) is 18.4. The maximum atomic E-state index is 13.1. The van der Waals surface area contributed by atoms with Gasteiger partial charge in [-0.05, 0) is 30.7 Å². The number of fused-ring (bicyclic) bond motifs is 1. The van der Waals surface area contributed by atoms with E-state index in [1.54, 1.807) is 18.2 Å². The van der Waals surface area contributed by atoms with E-state index in [9.17, 15) is 9.59 Å². The molecule has 132 valence electrons. The molecule has 1 fully saturated rings. The number of halogens is 2. The van der Waals surface area contributed by atoms with Crippen molar-refractivity contribution in [2.45, 2.75) is 25.8 Å². The van der Waals surface area contributed by atoms with Crippen molar-refractivity contribution in [2.75, 3.05) is 4.90 Å². The fourth-order valence-electron chi connectivity index (χ4n) is 3.63. The summed E-state index contributed by atoms with van der Waals surface area (Å²) in [6, 6.07) is 12.8. The Bertz CT molecular complexity index is 1020. The molecule has 26 heavy (non-hydrogen) atoms. The van der Waals surface area contributed by atoms with Gasteiger partial charge in [-0.25, -0.2) is 4.90 Å². The summed E-state index contributed by atoms with van der Waals surface area (Å²) < 4.78 is 2.09. The van der Waals surface area contributed by atoms with Crippen molar-refractivity contribution in [3.8, 4) is 0 Å². The van der Waals surface area contributed by atoms with Crippen molar-refractivity contribution in [1.29, 1.82) is 0 Å². The Morgan fingerprint density at radius 1 is 1.04 bits per heavy atom. The number of aromatic nitrogens is 1. The van der Waals surface area contributed by atoms with Crippen LogP contribution in [0.5, 0.6) is 0 Å². The Hall–Kier alpha value is -2.30. The van der Waals surface area contributed by atoms with Crippen molar-refractivity contribution in [1.82, 2.24) is 4.57 Å². The monoisotopic (exact) mass is 386 g/mol. The lowest BCUT2D eigenvalue weighted by Gasteiger charge is -2.18. The molecule has 0 spiro atoms. The number of para-hydroxylation sites is 2. The van der Waals surface area contributed by atoms with E-state index in [1.165, 1.54) is 0 Å². The first-order valence-electron chi connectivity index (χ1n) is 8.41. The molecule has 1 aliphatic heterocycles. The molecule has 0 bridgehead atoms. The molecule has 1 saturated heterocycles. The van der Waals surface area contributed by atoms with Gasteiger partial charge in [0.05, 0.1) is 21.7 Å². The first-order chi connectivity index (χ1) is 12.5. The highest BCUT2D eigenvalue weighted by Gasteiger charge is 2.43. The van der Waals surface area contributed by atoms with Crippen LogP contribution < -0.4 is 4.90 Å². The minimum atomic E-state index is -0.535. The van der Waals surface area contributed by atoms with Gasteiger partial charge in [0.2, 0.25) is 11.8 Å². The van der Waals surface area contributed by atoms with E-state index in [0.717, 1.165) is 27.9 Å². The summed E-state index contributed by atoms with van der Waals surface area (Å²) in [6.07, 6.45) is 2.08. The van der Waals surface area contributed by atoms with Crippen LogP contribution in [0.15, 0.2) is 48.7 Å². The predicted octanol–water partition coefficient (Wildman–Crippen LogP) is 5.02. The predicted molar refractivity (Wildman–Crippen MR) is 104 cm³/mol. The van der Waals surface area contributed by atoms with Crippen molar-refractivity contribution < 1.29 is 9.59 Å². The highest BCUT2D eigenvalue weighted by Crippen LogP contribution is 2.42. The molecule has 1 atom stereocenters. The number of amides is 2. The first kappa shape index (κ1) is 17.1. The van der Waals surface area contributed by atoms with Gasteiger partial charge in [-0.2, -0.15) is 0 Å². The maximum absolute atomic E-state index is 13.1. The van der Waals surface area contributed by atoms with Crippen molar-refractivity contribution in [2.24, 2.45) is 0 Å². The van der Waals surface area contributed by atoms with Gasteiger partial charge in [-0.1, -0.05) is 47.5 Å². The molecule has 3 aromatic rings. The molecule has 2 amide bonds. The highest BCUT2D eigenvalue weighted by atomic mass is 35.5. The summed E-state index contributed by atoms with van der Waals surface area (Å²) in [5.74, 6) is -1.11. The number of rotatable bonds is 3. The number of hydrogen-bond donors (Lipinski definition) is 0. The van der Waals surface area contributed by atoms with E-state index in [1.807, 2.05) is 37.4 Å². The van der Waals surface area contributed by atoms with Crippen LogP contribution in [0.4, 0.5) is 5.69 Å². The fourth-order valence-corrected chi connectivity index (χ4v) is 4.19. The zero-order valence-corrected chi connectivity index (χ0v) is 15.6. The van der Waals surface area contributed by atoms with Crippen molar-refractivity contribution in [3.63, 3.8) is 0 Å². The van der Waals surface area contributed by atoms with Crippen LogP contribution in [0, 0.1) is 0 Å². The smallest absolute Gasteiger partial charge is 0.242 e. The molecular formula is C20H16Cl2N2O2. The second-order valence-electron chi connectivity index (χ2n) is 6.28. The van der Waals surface area contributed by atoms with Gasteiger partial charge < -0.3 is 4.57 Å². The third kappa shape index (κ3) is 2.52. The van der Waals surface area contributed by atoms with Crippen molar-refractivity contribution in [3.05, 3.63) is 64.3 Å². The largest absolute Gasteiger partial charge is 0.347 e. The van der Waals surface area contributed by atoms with Crippen LogP contribution in [-0.2, 0) is 16.1 Å². The summed E-state index contributed by atoms with van der Waals surface area (Å²) in [5, 5.41) is 1.57. The number of imide groups is 1. The van der Waals surface area contributed by atoms with Gasteiger partial charge >= 0.3 is 0 Å². The van der Waals surface area contributed by atoms with Crippen LogP contribution in [0.25, 0.3) is 10.9 Å². The van der Waals surface area contributed by atoms with Gasteiger partial charge in [0.15, 0.2) is 0 Å². The van der Waals surface area contributed by atoms with Gasteiger partial charge in [-0.15, -0.1) is 0 Å². The summed E-state index contributed by atoms with van der Waals surface area (Å²) in [4.78, 5) is 26.9. The van der Waals surface area contributed by atoms with E-state index in [4.69, 9.17) is 23.2 Å². The number of benzene rings is 2. The molecule has 2 heterocycles. The summed E-state index contributed by atoms with van der Waals surface area (Å²) in [6.45, 7) is 2.84. The summed E-state index contributed by atoms with van der Waals surface area (Å²) in [5.41, 5.74) is 2.19. The molecule has 1 unspecified atom stereocenters. The van der Waals surface area contributed by atoms with Crippen LogP contribution in [-0.4, -0.2) is 16.4 Å². The van der Waals surface area contributed by atoms with Gasteiger partial charge in [0.1, 0.15) is 0 Å². The second-order valence-corrected chi connectivity index (χ2v) is 7.10. The lowest BCUT2D eigenvalue weighted by Crippen LogP contribution is -2.30. The Kier molecular flexibility index (Phi) is 4.25. The van der Waals surface area contributed by atoms with Gasteiger partial charge in [-0.3, -0.25) is 9.59 Å². The lowest BCUT2D eigenvalue weighted by atomic mass is 9.97. The van der Waals surface area contributed by atoms with Gasteiger partial charge in [0.25, 0.3) is 0 Å². The third-order valence-electron chi connectivity index (χ3n) is 4.84. The van der Waals surface area contributed by atoms with Gasteiger partial charge in [0, 0.05) is 30.1 Å². The quantitative estimate of drug-likeness (QED) is 0.593. The van der Waals surface area contributed by atoms with E-state index in [-0.39, 0.29) is 34.0 Å². The molecule has 2 aromatic carbocycles. The number of carbonyl (C=O) groups excluding carboxylic acids is 2. The number of aryl methyl sites for hydroxylation is 1. The molecule has 6 heteroatoms. The first-order valence-corrected chi connectivity index (χ1v) is 9.17. The van der Waals surface area contributed by atoms with E-state index < -0.39 is 5.92 Å². The third-order valence-corrected chi connectivity index (χ3v) is 5.45. The Morgan fingerprint density at radius 2 is 1.73 bits per heavy atom. The normalized spacial score (nSPS) is 17.5. The maximum Gasteiger partial charge on any atom is 0.242 e. The summed E-state index contributed by atoms with van der Waals surface area (Å²) in [7, 11) is 0. The number of hydrogen-bond acceptors (Lipinski definition) is 2. The van der Waals surface area contributed by atoms with Crippen LogP contribution >= 0.6 is 23.2 Å². The number of carbonyl (C=O) groups is 2. The molecule has 1 aliphatic rings. The average Bonchev–Trinajstić information content (AvgIpc) is 3.13. The molecule has 4 nitrogen and oxygen atoms in total. The van der Waals surface area contributed by atoms with E-state index >= 15 is 0 Å². The minimum Gasteiger partial charge on any atom is -0.347 e. The standard InChI is InChI=1S/C20H16Cl2N2O2/c1-2-23-11-14(12-6-3-4-9-17(12)23)13-10-18(25)24(20(13)26)19-15(21)7-5-8-16(19)22/h3-9,11,13H,2,10H2,1H3. The Labute approximate surface area is 160 Å². The molecule has 0 radical (unpaired) electrons. The van der Waals surface area contributed by atoms with Crippen LogP contribution in [0.3, 0.4) is 0 Å². The Morgan fingerprint density at radius 3 is 2.42 bits per heavy atom. The fraction of sp³-hybridized carbons (Fsp3) is 0.200. The lowest BCUT2D eigenvalue weighted by molar-refractivity contribution is -0.121. The SMILES string of the molecule is CCn1cc(C2CC(=O)N(c3c(Cl)cccc3Cl)C2=O)c2ccccc21. The molecule has 1 aromatic heterocycles. The second kappa shape index (κ2) is 6.45. The summed E-state index contributed by atoms with van der Waals surface area (Å²) >= 11 is 12.4. The number of nitrogens with zero attached hydrogens (tertiary/aromatic N) is 2. The average molecular weight is 387 g/mol. The molecule has 0 aliphatic carbocycles. The number of anilines is 1. The minimum absolute atomic E-state index is 0.109. The topological polar surface area (TPSA) is 42.3 Å². The van der Waals surface area contributed by atoms with E-state index in [2.05, 4.69) is 4.57 Å². The molecule has 0 N–H and O–H groups in total. The van der Waals surface area contributed by atoms with E-state index in [0.29, 0.717) is 0 Å². The highest BCUT2D eigenvalue weighted by molar-refractivity contribution is 6.42. The zero-order valence-electron chi connectivity index (χ0n) is 14.1. The molecular weight excluding hydrogens is 371 g/mol. The Balaban J connectivity index is 1.82. The van der Waals surface area contributed by atoms with Crippen molar-refractivity contribution >= 4 is 51.6 Å². The molecule has 0 saturated carbocycles. The van der Waals surface area contributed by atoms with Crippen LogP contribution in [0.2, 0.25) is 10.0 Å². The van der Waals surface area contributed by atoms with Crippen LogP contribution in [0.1, 0.15) is 24.8 Å².